The van der Waals surface area contributed by atoms with E-state index < -0.39 is 10.7 Å². The van der Waals surface area contributed by atoms with Gasteiger partial charge in [0.15, 0.2) is 5.82 Å². The van der Waals surface area contributed by atoms with Crippen molar-refractivity contribution in [2.24, 2.45) is 0 Å². The van der Waals surface area contributed by atoms with Crippen molar-refractivity contribution < 1.29 is 9.31 Å². The average molecular weight is 341 g/mol. The SMILES string of the molecule is Cc1cc(C)n(-c2ccc(CNc3cc(F)ccc3[N+](=O)[O-])cn2)n1. The van der Waals surface area contributed by atoms with Crippen molar-refractivity contribution in [2.45, 2.75) is 20.4 Å². The molecule has 0 aliphatic carbocycles. The molecule has 0 fully saturated rings. The van der Waals surface area contributed by atoms with Crippen LogP contribution in [0.3, 0.4) is 0 Å². The molecule has 0 aliphatic heterocycles. The van der Waals surface area contributed by atoms with Crippen molar-refractivity contribution in [1.29, 1.82) is 0 Å². The molecule has 2 heterocycles. The Bertz CT molecular complexity index is 921. The van der Waals surface area contributed by atoms with Gasteiger partial charge in [0.2, 0.25) is 0 Å². The van der Waals surface area contributed by atoms with Gasteiger partial charge in [-0.1, -0.05) is 6.07 Å². The van der Waals surface area contributed by atoms with Crippen LogP contribution in [-0.2, 0) is 6.54 Å². The fraction of sp³-hybridized carbons (Fsp3) is 0.176. The summed E-state index contributed by atoms with van der Waals surface area (Å²) in [5.74, 6) is 0.150. The Morgan fingerprint density at radius 2 is 2.04 bits per heavy atom. The zero-order valence-electron chi connectivity index (χ0n) is 13.7. The molecule has 1 N–H and O–H groups in total. The second-order valence-corrected chi connectivity index (χ2v) is 5.64. The number of pyridine rings is 1. The van der Waals surface area contributed by atoms with E-state index in [1.807, 2.05) is 32.0 Å². The van der Waals surface area contributed by atoms with Gasteiger partial charge < -0.3 is 5.32 Å². The minimum Gasteiger partial charge on any atom is -0.375 e. The van der Waals surface area contributed by atoms with Crippen molar-refractivity contribution in [3.63, 3.8) is 0 Å². The molecule has 0 spiro atoms. The van der Waals surface area contributed by atoms with Crippen molar-refractivity contribution >= 4 is 11.4 Å². The number of anilines is 1. The Hall–Kier alpha value is -3.29. The van der Waals surface area contributed by atoms with E-state index in [-0.39, 0.29) is 17.9 Å². The monoisotopic (exact) mass is 341 g/mol. The first-order chi connectivity index (χ1) is 11.9. The van der Waals surface area contributed by atoms with E-state index in [0.29, 0.717) is 5.82 Å². The van der Waals surface area contributed by atoms with Crippen LogP contribution >= 0.6 is 0 Å². The van der Waals surface area contributed by atoms with Crippen LogP contribution in [0.15, 0.2) is 42.6 Å². The van der Waals surface area contributed by atoms with Gasteiger partial charge in [-0.2, -0.15) is 5.10 Å². The Morgan fingerprint density at radius 1 is 1.24 bits per heavy atom. The summed E-state index contributed by atoms with van der Waals surface area (Å²) in [6.45, 7) is 4.14. The van der Waals surface area contributed by atoms with Crippen molar-refractivity contribution in [3.05, 3.63) is 75.5 Å². The lowest BCUT2D eigenvalue weighted by Crippen LogP contribution is -2.05. The molecule has 0 saturated heterocycles. The molecule has 0 aliphatic rings. The molecule has 0 unspecified atom stereocenters. The van der Waals surface area contributed by atoms with Gasteiger partial charge in [0.05, 0.1) is 10.6 Å². The number of aromatic nitrogens is 3. The van der Waals surface area contributed by atoms with E-state index in [4.69, 9.17) is 0 Å². The Labute approximate surface area is 143 Å². The number of aryl methyl sites for hydroxylation is 2. The Balaban J connectivity index is 1.76. The highest BCUT2D eigenvalue weighted by molar-refractivity contribution is 5.61. The van der Waals surface area contributed by atoms with Crippen LogP contribution in [0.5, 0.6) is 0 Å². The van der Waals surface area contributed by atoms with Crippen LogP contribution in [0.2, 0.25) is 0 Å². The van der Waals surface area contributed by atoms with Gasteiger partial charge >= 0.3 is 0 Å². The van der Waals surface area contributed by atoms with Crippen LogP contribution in [0.1, 0.15) is 17.0 Å². The van der Waals surface area contributed by atoms with Gasteiger partial charge in [-0.3, -0.25) is 10.1 Å². The summed E-state index contributed by atoms with van der Waals surface area (Å²) < 4.78 is 15.1. The van der Waals surface area contributed by atoms with Gasteiger partial charge in [0.1, 0.15) is 11.5 Å². The number of hydrogen-bond donors (Lipinski definition) is 1. The minimum absolute atomic E-state index is 0.132. The summed E-state index contributed by atoms with van der Waals surface area (Å²) >= 11 is 0. The molecule has 2 aromatic heterocycles. The molecule has 0 saturated carbocycles. The molecule has 128 valence electrons. The fourth-order valence-electron chi connectivity index (χ4n) is 2.51. The number of nitro groups is 1. The van der Waals surface area contributed by atoms with Crippen LogP contribution in [-0.4, -0.2) is 19.7 Å². The smallest absolute Gasteiger partial charge is 0.292 e. The Kier molecular flexibility index (Phi) is 4.42. The van der Waals surface area contributed by atoms with Gasteiger partial charge in [-0.05, 0) is 37.6 Å². The molecule has 3 rings (SSSR count). The van der Waals surface area contributed by atoms with E-state index in [2.05, 4.69) is 15.4 Å². The van der Waals surface area contributed by atoms with Crippen LogP contribution in [0, 0.1) is 29.8 Å². The first kappa shape index (κ1) is 16.6. The molecular weight excluding hydrogens is 325 g/mol. The third-order valence-corrected chi connectivity index (χ3v) is 3.67. The summed E-state index contributed by atoms with van der Waals surface area (Å²) in [4.78, 5) is 14.8. The average Bonchev–Trinajstić information content (AvgIpc) is 2.91. The predicted octanol–water partition coefficient (Wildman–Crippen LogP) is 3.54. The van der Waals surface area contributed by atoms with Crippen molar-refractivity contribution in [1.82, 2.24) is 14.8 Å². The third-order valence-electron chi connectivity index (χ3n) is 3.67. The van der Waals surface area contributed by atoms with Gasteiger partial charge in [-0.25, -0.2) is 14.1 Å². The zero-order valence-corrected chi connectivity index (χ0v) is 13.7. The molecule has 25 heavy (non-hydrogen) atoms. The molecule has 7 nitrogen and oxygen atoms in total. The fourth-order valence-corrected chi connectivity index (χ4v) is 2.51. The normalized spacial score (nSPS) is 10.7. The highest BCUT2D eigenvalue weighted by atomic mass is 19.1. The maximum atomic E-state index is 13.3. The highest BCUT2D eigenvalue weighted by Gasteiger charge is 2.14. The summed E-state index contributed by atoms with van der Waals surface area (Å²) in [5, 5.41) is 18.2. The lowest BCUT2D eigenvalue weighted by Gasteiger charge is -2.08. The minimum atomic E-state index is -0.550. The molecule has 0 bridgehead atoms. The number of nitrogens with one attached hydrogen (secondary N) is 1. The van der Waals surface area contributed by atoms with Crippen LogP contribution < -0.4 is 5.32 Å². The van der Waals surface area contributed by atoms with E-state index >= 15 is 0 Å². The second-order valence-electron chi connectivity index (χ2n) is 5.64. The molecule has 3 aromatic rings. The number of benzene rings is 1. The highest BCUT2D eigenvalue weighted by Crippen LogP contribution is 2.25. The zero-order chi connectivity index (χ0) is 18.0. The molecule has 0 amide bonds. The number of halogens is 1. The van der Waals surface area contributed by atoms with Crippen molar-refractivity contribution in [2.75, 3.05) is 5.32 Å². The van der Waals surface area contributed by atoms with E-state index in [0.717, 1.165) is 35.2 Å². The van der Waals surface area contributed by atoms with Gasteiger partial charge in [-0.15, -0.1) is 0 Å². The number of hydrogen-bond acceptors (Lipinski definition) is 5. The summed E-state index contributed by atoms with van der Waals surface area (Å²) in [7, 11) is 0. The maximum absolute atomic E-state index is 13.3. The van der Waals surface area contributed by atoms with Crippen LogP contribution in [0.4, 0.5) is 15.8 Å². The lowest BCUT2D eigenvalue weighted by molar-refractivity contribution is -0.384. The molecule has 0 atom stereocenters. The standard InChI is InChI=1S/C17H16FN5O2/c1-11-7-12(2)22(21-11)17-6-3-13(10-20-17)9-19-15-8-14(18)4-5-16(15)23(24)25/h3-8,10,19H,9H2,1-2H3. The quantitative estimate of drug-likeness (QED) is 0.566. The molecular formula is C17H16FN5O2. The number of nitro benzene ring substituents is 1. The molecule has 1 aromatic carbocycles. The van der Waals surface area contributed by atoms with Crippen molar-refractivity contribution in [3.8, 4) is 5.82 Å². The summed E-state index contributed by atoms with van der Waals surface area (Å²) in [6.07, 6.45) is 1.66. The number of rotatable bonds is 5. The maximum Gasteiger partial charge on any atom is 0.292 e. The van der Waals surface area contributed by atoms with Gasteiger partial charge in [0, 0.05) is 30.6 Å². The summed E-state index contributed by atoms with van der Waals surface area (Å²) in [6, 6.07) is 8.93. The van der Waals surface area contributed by atoms with E-state index in [9.17, 15) is 14.5 Å². The molecule has 0 radical (unpaired) electrons. The topological polar surface area (TPSA) is 85.9 Å². The Morgan fingerprint density at radius 3 is 2.64 bits per heavy atom. The third kappa shape index (κ3) is 3.63. The lowest BCUT2D eigenvalue weighted by atomic mass is 10.2. The number of nitrogens with zero attached hydrogens (tertiary/aromatic N) is 4. The van der Waals surface area contributed by atoms with Crippen LogP contribution in [0.25, 0.3) is 5.82 Å². The first-order valence-corrected chi connectivity index (χ1v) is 7.60. The molecule has 8 heteroatoms. The largest absolute Gasteiger partial charge is 0.375 e. The van der Waals surface area contributed by atoms with E-state index in [1.165, 1.54) is 0 Å². The summed E-state index contributed by atoms with van der Waals surface area (Å²) in [5.41, 5.74) is 2.65. The van der Waals surface area contributed by atoms with E-state index in [1.54, 1.807) is 10.9 Å². The second kappa shape index (κ2) is 6.68. The first-order valence-electron chi connectivity index (χ1n) is 7.60. The van der Waals surface area contributed by atoms with Gasteiger partial charge in [0.25, 0.3) is 5.69 Å². The predicted molar refractivity (Wildman–Crippen MR) is 91.2 cm³/mol.